The Balaban J connectivity index is 3.64. The minimum atomic E-state index is 0.00673. The van der Waals surface area contributed by atoms with Crippen molar-refractivity contribution in [3.8, 4) is 0 Å². The van der Waals surface area contributed by atoms with E-state index in [1.54, 1.807) is 0 Å². The van der Waals surface area contributed by atoms with Gasteiger partial charge in [0.15, 0.2) is 0 Å². The molecule has 0 fully saturated rings. The number of esters is 1. The first-order valence-electron chi connectivity index (χ1n) is 11.3. The first-order valence-corrected chi connectivity index (χ1v) is 11.3. The summed E-state index contributed by atoms with van der Waals surface area (Å²) >= 11 is 0. The molecule has 0 saturated heterocycles. The zero-order chi connectivity index (χ0) is 19.3. The maximum Gasteiger partial charge on any atom is 0.306 e. The van der Waals surface area contributed by atoms with Gasteiger partial charge in [-0.25, -0.2) is 0 Å². The van der Waals surface area contributed by atoms with Crippen molar-refractivity contribution in [3.05, 3.63) is 0 Å². The van der Waals surface area contributed by atoms with Gasteiger partial charge in [-0.1, -0.05) is 65.2 Å². The molecule has 0 aliphatic rings. The van der Waals surface area contributed by atoms with Crippen molar-refractivity contribution >= 4 is 5.97 Å². The molecule has 26 heavy (non-hydrogen) atoms. The first-order chi connectivity index (χ1) is 12.7. The molecule has 0 spiro atoms. The molecule has 0 aromatic carbocycles. The standard InChI is InChI=1S/C22H45NO3/c1-3-5-7-11-16-21(15-6-4-2)26-22(25)17-12-9-8-10-13-18-23-19-14-20-24/h21,23-24H,3-20H2,1-2H3. The lowest BCUT2D eigenvalue weighted by molar-refractivity contribution is -0.150. The molecule has 2 N–H and O–H groups in total. The van der Waals surface area contributed by atoms with Crippen LogP contribution in [0.5, 0.6) is 0 Å². The maximum atomic E-state index is 12.1. The number of nitrogens with one attached hydrogen (secondary N) is 1. The first kappa shape index (κ1) is 25.4. The summed E-state index contributed by atoms with van der Waals surface area (Å²) in [5, 5.41) is 12.0. The Morgan fingerprint density at radius 1 is 0.808 bits per heavy atom. The van der Waals surface area contributed by atoms with Gasteiger partial charge in [0, 0.05) is 13.0 Å². The van der Waals surface area contributed by atoms with E-state index in [2.05, 4.69) is 19.2 Å². The Kier molecular flexibility index (Phi) is 20.2. The molecule has 0 amide bonds. The van der Waals surface area contributed by atoms with Crippen LogP contribution in [0.4, 0.5) is 0 Å². The third-order valence-corrected chi connectivity index (χ3v) is 4.80. The van der Waals surface area contributed by atoms with Gasteiger partial charge in [-0.2, -0.15) is 0 Å². The lowest BCUT2D eigenvalue weighted by Crippen LogP contribution is -2.18. The molecule has 0 aliphatic heterocycles. The van der Waals surface area contributed by atoms with Gasteiger partial charge in [-0.3, -0.25) is 4.79 Å². The van der Waals surface area contributed by atoms with E-state index in [1.165, 1.54) is 44.9 Å². The smallest absolute Gasteiger partial charge is 0.306 e. The Hall–Kier alpha value is -0.610. The Morgan fingerprint density at radius 3 is 2.15 bits per heavy atom. The van der Waals surface area contributed by atoms with Crippen LogP contribution in [0.25, 0.3) is 0 Å². The highest BCUT2D eigenvalue weighted by Gasteiger charge is 2.13. The van der Waals surface area contributed by atoms with Gasteiger partial charge in [0.1, 0.15) is 6.10 Å². The summed E-state index contributed by atoms with van der Waals surface area (Å²) in [6, 6.07) is 0. The van der Waals surface area contributed by atoms with Crippen molar-refractivity contribution in [2.24, 2.45) is 0 Å². The van der Waals surface area contributed by atoms with E-state index in [1.807, 2.05) is 0 Å². The molecule has 1 atom stereocenters. The van der Waals surface area contributed by atoms with Crippen LogP contribution in [0, 0.1) is 0 Å². The van der Waals surface area contributed by atoms with Gasteiger partial charge in [-0.05, 0) is 51.6 Å². The van der Waals surface area contributed by atoms with Crippen LogP contribution in [0.1, 0.15) is 110 Å². The zero-order valence-electron chi connectivity index (χ0n) is 17.6. The molecule has 0 heterocycles. The summed E-state index contributed by atoms with van der Waals surface area (Å²) in [7, 11) is 0. The molecule has 4 nitrogen and oxygen atoms in total. The Labute approximate surface area is 162 Å². The highest BCUT2D eigenvalue weighted by molar-refractivity contribution is 5.69. The molecule has 0 bridgehead atoms. The van der Waals surface area contributed by atoms with Crippen LogP contribution in [0.15, 0.2) is 0 Å². The van der Waals surface area contributed by atoms with Crippen molar-refractivity contribution in [1.29, 1.82) is 0 Å². The van der Waals surface area contributed by atoms with Crippen molar-refractivity contribution in [3.63, 3.8) is 0 Å². The summed E-state index contributed by atoms with van der Waals surface area (Å²) in [5.41, 5.74) is 0. The van der Waals surface area contributed by atoms with Crippen LogP contribution in [0.3, 0.4) is 0 Å². The highest BCUT2D eigenvalue weighted by atomic mass is 16.5. The van der Waals surface area contributed by atoms with Crippen LogP contribution in [-0.2, 0) is 9.53 Å². The minimum absolute atomic E-state index is 0.00673. The predicted octanol–water partition coefficient (Wildman–Crippen LogP) is 5.37. The molecule has 156 valence electrons. The Morgan fingerprint density at radius 2 is 1.42 bits per heavy atom. The second-order valence-electron chi connectivity index (χ2n) is 7.45. The molecular weight excluding hydrogens is 326 g/mol. The number of aliphatic hydroxyl groups is 1. The molecule has 0 aromatic heterocycles. The van der Waals surface area contributed by atoms with E-state index in [0.717, 1.165) is 58.0 Å². The number of hydrogen-bond donors (Lipinski definition) is 2. The molecule has 0 rings (SSSR count). The van der Waals surface area contributed by atoms with E-state index in [-0.39, 0.29) is 18.7 Å². The van der Waals surface area contributed by atoms with Gasteiger partial charge < -0.3 is 15.2 Å². The minimum Gasteiger partial charge on any atom is -0.462 e. The van der Waals surface area contributed by atoms with E-state index in [0.29, 0.717) is 6.42 Å². The summed E-state index contributed by atoms with van der Waals surface area (Å²) < 4.78 is 5.75. The van der Waals surface area contributed by atoms with E-state index < -0.39 is 0 Å². The van der Waals surface area contributed by atoms with Crippen molar-refractivity contribution < 1.29 is 14.6 Å². The van der Waals surface area contributed by atoms with Crippen molar-refractivity contribution in [2.45, 2.75) is 116 Å². The number of hydrogen-bond acceptors (Lipinski definition) is 4. The average Bonchev–Trinajstić information content (AvgIpc) is 2.64. The summed E-state index contributed by atoms with van der Waals surface area (Å²) in [5.74, 6) is 0.00673. The summed E-state index contributed by atoms with van der Waals surface area (Å²) in [4.78, 5) is 12.1. The van der Waals surface area contributed by atoms with Gasteiger partial charge >= 0.3 is 5.97 Å². The highest BCUT2D eigenvalue weighted by Crippen LogP contribution is 2.16. The van der Waals surface area contributed by atoms with Gasteiger partial charge in [-0.15, -0.1) is 0 Å². The number of unbranched alkanes of at least 4 members (excludes halogenated alkanes) is 8. The van der Waals surface area contributed by atoms with Crippen molar-refractivity contribution in [2.75, 3.05) is 19.7 Å². The second-order valence-corrected chi connectivity index (χ2v) is 7.45. The largest absolute Gasteiger partial charge is 0.462 e. The predicted molar refractivity (Wildman–Crippen MR) is 110 cm³/mol. The maximum absolute atomic E-state index is 12.1. The lowest BCUT2D eigenvalue weighted by Gasteiger charge is -2.17. The molecular formula is C22H45NO3. The van der Waals surface area contributed by atoms with Crippen LogP contribution in [0.2, 0.25) is 0 Å². The Bertz CT molecular complexity index is 297. The van der Waals surface area contributed by atoms with E-state index in [4.69, 9.17) is 9.84 Å². The number of carbonyl (C=O) groups excluding carboxylic acids is 1. The SMILES string of the molecule is CCCCCCC(CCCC)OC(=O)CCCCCCCNCCCO. The lowest BCUT2D eigenvalue weighted by atomic mass is 10.0. The fourth-order valence-electron chi connectivity index (χ4n) is 3.12. The molecule has 0 aliphatic carbocycles. The number of ether oxygens (including phenoxy) is 1. The molecule has 0 aromatic rings. The second kappa shape index (κ2) is 20.7. The fraction of sp³-hybridized carbons (Fsp3) is 0.955. The summed E-state index contributed by atoms with van der Waals surface area (Å²) in [6.45, 7) is 6.61. The number of rotatable bonds is 20. The van der Waals surface area contributed by atoms with Crippen molar-refractivity contribution in [1.82, 2.24) is 5.32 Å². The van der Waals surface area contributed by atoms with E-state index >= 15 is 0 Å². The topological polar surface area (TPSA) is 58.6 Å². The average molecular weight is 372 g/mol. The number of carbonyl (C=O) groups is 1. The monoisotopic (exact) mass is 371 g/mol. The van der Waals surface area contributed by atoms with E-state index in [9.17, 15) is 4.79 Å². The van der Waals surface area contributed by atoms with Gasteiger partial charge in [0.25, 0.3) is 0 Å². The molecule has 0 saturated carbocycles. The third kappa shape index (κ3) is 18.2. The molecule has 1 unspecified atom stereocenters. The fourth-order valence-corrected chi connectivity index (χ4v) is 3.12. The molecule has 0 radical (unpaired) electrons. The normalized spacial score (nSPS) is 12.3. The van der Waals surface area contributed by atoms with Gasteiger partial charge in [0.2, 0.25) is 0 Å². The van der Waals surface area contributed by atoms with Crippen LogP contribution >= 0.6 is 0 Å². The third-order valence-electron chi connectivity index (χ3n) is 4.80. The van der Waals surface area contributed by atoms with Crippen LogP contribution < -0.4 is 5.32 Å². The molecule has 4 heteroatoms. The quantitative estimate of drug-likeness (QED) is 0.223. The number of aliphatic hydroxyl groups excluding tert-OH is 1. The van der Waals surface area contributed by atoms with Crippen LogP contribution in [-0.4, -0.2) is 36.9 Å². The zero-order valence-corrected chi connectivity index (χ0v) is 17.6. The summed E-state index contributed by atoms with van der Waals surface area (Å²) in [6.07, 6.45) is 16.5. The van der Waals surface area contributed by atoms with Gasteiger partial charge in [0.05, 0.1) is 0 Å².